The third-order valence-corrected chi connectivity index (χ3v) is 5.16. The Morgan fingerprint density at radius 3 is 2.89 bits per heavy atom. The van der Waals surface area contributed by atoms with Crippen LogP contribution in [0.3, 0.4) is 0 Å². The highest BCUT2D eigenvalue weighted by Crippen LogP contribution is 2.29. The number of nitrogens with zero attached hydrogens (tertiary/aromatic N) is 3. The van der Waals surface area contributed by atoms with Gasteiger partial charge in [-0.2, -0.15) is 11.8 Å². The molecule has 0 amide bonds. The van der Waals surface area contributed by atoms with Crippen LogP contribution in [0.1, 0.15) is 44.7 Å². The van der Waals surface area contributed by atoms with Gasteiger partial charge >= 0.3 is 0 Å². The first-order valence-electron chi connectivity index (χ1n) is 7.48. The second kappa shape index (κ2) is 7.90. The van der Waals surface area contributed by atoms with Gasteiger partial charge in [-0.25, -0.2) is 0 Å². The molecular formula is C14H26N4S. The monoisotopic (exact) mass is 282 g/mol. The van der Waals surface area contributed by atoms with E-state index in [0.29, 0.717) is 6.04 Å². The molecular weight excluding hydrogens is 256 g/mol. The zero-order chi connectivity index (χ0) is 13.5. The first kappa shape index (κ1) is 14.9. The van der Waals surface area contributed by atoms with Crippen LogP contribution in [-0.4, -0.2) is 38.6 Å². The van der Waals surface area contributed by atoms with Crippen LogP contribution in [0.2, 0.25) is 0 Å². The van der Waals surface area contributed by atoms with Gasteiger partial charge in [-0.1, -0.05) is 25.0 Å². The quantitative estimate of drug-likeness (QED) is 0.795. The summed E-state index contributed by atoms with van der Waals surface area (Å²) in [5.74, 6) is 1.20. The van der Waals surface area contributed by atoms with E-state index in [1.165, 1.54) is 37.9 Å². The van der Waals surface area contributed by atoms with Crippen LogP contribution in [0, 0.1) is 0 Å². The van der Waals surface area contributed by atoms with Gasteiger partial charge in [0.1, 0.15) is 0 Å². The van der Waals surface area contributed by atoms with Crippen LogP contribution in [0.15, 0.2) is 6.20 Å². The summed E-state index contributed by atoms with van der Waals surface area (Å²) < 4.78 is 1.79. The molecule has 1 aromatic rings. The second-order valence-corrected chi connectivity index (χ2v) is 6.81. The molecule has 0 aromatic carbocycles. The van der Waals surface area contributed by atoms with E-state index in [1.54, 1.807) is 4.68 Å². The lowest BCUT2D eigenvalue weighted by atomic mass is 10.2. The number of nitrogens with one attached hydrogen (secondary N) is 1. The highest BCUT2D eigenvalue weighted by Gasteiger charge is 2.18. The van der Waals surface area contributed by atoms with Gasteiger partial charge in [0, 0.05) is 36.7 Å². The van der Waals surface area contributed by atoms with Crippen LogP contribution in [-0.2, 0) is 13.5 Å². The predicted octanol–water partition coefficient (Wildman–Crippen LogP) is 2.40. The van der Waals surface area contributed by atoms with E-state index in [9.17, 15) is 0 Å². The summed E-state index contributed by atoms with van der Waals surface area (Å²) in [6.07, 6.45) is 9.88. The molecule has 19 heavy (non-hydrogen) atoms. The smallest absolute Gasteiger partial charge is 0.0842 e. The highest BCUT2D eigenvalue weighted by molar-refractivity contribution is 7.99. The van der Waals surface area contributed by atoms with Crippen LogP contribution >= 0.6 is 11.8 Å². The molecule has 0 aliphatic heterocycles. The summed E-state index contributed by atoms with van der Waals surface area (Å²) in [6, 6.07) is 0.530. The Bertz CT molecular complexity index is 360. The molecule has 0 bridgehead atoms. The third kappa shape index (κ3) is 5.15. The Morgan fingerprint density at radius 1 is 1.47 bits per heavy atom. The third-order valence-electron chi connectivity index (χ3n) is 3.62. The molecule has 1 aromatic heterocycles. The molecule has 1 atom stereocenters. The van der Waals surface area contributed by atoms with Gasteiger partial charge in [0.25, 0.3) is 0 Å². The van der Waals surface area contributed by atoms with Crippen LogP contribution in [0.4, 0.5) is 0 Å². The summed E-state index contributed by atoms with van der Waals surface area (Å²) >= 11 is 2.15. The molecule has 5 heteroatoms. The predicted molar refractivity (Wildman–Crippen MR) is 81.5 cm³/mol. The molecule has 1 saturated carbocycles. The minimum absolute atomic E-state index is 0.530. The number of aryl methyl sites for hydroxylation is 1. The first-order chi connectivity index (χ1) is 9.28. The van der Waals surface area contributed by atoms with E-state index in [-0.39, 0.29) is 0 Å². The largest absolute Gasteiger partial charge is 0.313 e. The van der Waals surface area contributed by atoms with E-state index in [4.69, 9.17) is 0 Å². The van der Waals surface area contributed by atoms with Crippen molar-refractivity contribution in [2.75, 3.05) is 12.3 Å². The number of thioether (sulfide) groups is 1. The van der Waals surface area contributed by atoms with E-state index in [0.717, 1.165) is 23.9 Å². The lowest BCUT2D eigenvalue weighted by Crippen LogP contribution is -2.34. The molecule has 0 radical (unpaired) electrons. The molecule has 1 fully saturated rings. The minimum atomic E-state index is 0.530. The first-order valence-corrected chi connectivity index (χ1v) is 8.53. The standard InChI is InChI=1S/C14H26N4S/c1-3-8-15-13(9-12-10-18(2)17-16-12)11-19-14-6-4-5-7-14/h10,13-15H,3-9,11H2,1-2H3. The molecule has 4 nitrogen and oxygen atoms in total. The fraction of sp³-hybridized carbons (Fsp3) is 0.857. The molecule has 108 valence electrons. The lowest BCUT2D eigenvalue weighted by molar-refractivity contribution is 0.544. The van der Waals surface area contributed by atoms with Crippen molar-refractivity contribution in [2.45, 2.75) is 56.7 Å². The summed E-state index contributed by atoms with van der Waals surface area (Å²) in [5.41, 5.74) is 1.10. The van der Waals surface area contributed by atoms with Crippen molar-refractivity contribution in [3.63, 3.8) is 0 Å². The maximum atomic E-state index is 4.21. The van der Waals surface area contributed by atoms with Gasteiger partial charge in [-0.05, 0) is 25.8 Å². The molecule has 1 aliphatic rings. The number of aromatic nitrogens is 3. The molecule has 1 unspecified atom stereocenters. The van der Waals surface area contributed by atoms with Gasteiger partial charge in [0.2, 0.25) is 0 Å². The molecule has 0 spiro atoms. The van der Waals surface area contributed by atoms with E-state index >= 15 is 0 Å². The topological polar surface area (TPSA) is 42.7 Å². The van der Waals surface area contributed by atoms with Crippen molar-refractivity contribution in [2.24, 2.45) is 7.05 Å². The normalized spacial score (nSPS) is 18.0. The summed E-state index contributed by atoms with van der Waals surface area (Å²) in [6.45, 7) is 3.31. The Morgan fingerprint density at radius 2 is 2.26 bits per heavy atom. The van der Waals surface area contributed by atoms with Gasteiger partial charge in [0.05, 0.1) is 5.69 Å². The lowest BCUT2D eigenvalue weighted by Gasteiger charge is -2.19. The van der Waals surface area contributed by atoms with Gasteiger partial charge in [-0.3, -0.25) is 4.68 Å². The zero-order valence-electron chi connectivity index (χ0n) is 12.1. The van der Waals surface area contributed by atoms with Gasteiger partial charge in [0.15, 0.2) is 0 Å². The SMILES string of the molecule is CCCNC(CSC1CCCC1)Cc1cn(C)nn1. The fourth-order valence-electron chi connectivity index (χ4n) is 2.59. The van der Waals surface area contributed by atoms with Crippen molar-refractivity contribution < 1.29 is 0 Å². The van der Waals surface area contributed by atoms with E-state index in [1.807, 2.05) is 13.2 Å². The van der Waals surface area contributed by atoms with Crippen molar-refractivity contribution in [1.29, 1.82) is 0 Å². The fourth-order valence-corrected chi connectivity index (χ4v) is 3.99. The van der Waals surface area contributed by atoms with E-state index < -0.39 is 0 Å². The Balaban J connectivity index is 1.79. The number of rotatable bonds is 8. The molecule has 1 aliphatic carbocycles. The Labute approximate surface area is 120 Å². The zero-order valence-corrected chi connectivity index (χ0v) is 13.0. The average Bonchev–Trinajstić information content (AvgIpc) is 3.04. The van der Waals surface area contributed by atoms with Crippen molar-refractivity contribution >= 4 is 11.8 Å². The van der Waals surface area contributed by atoms with Gasteiger partial charge < -0.3 is 5.32 Å². The Hall–Kier alpha value is -0.550. The highest BCUT2D eigenvalue weighted by atomic mass is 32.2. The van der Waals surface area contributed by atoms with Crippen LogP contribution < -0.4 is 5.32 Å². The van der Waals surface area contributed by atoms with E-state index in [2.05, 4.69) is 34.3 Å². The molecule has 0 saturated heterocycles. The molecule has 1 heterocycles. The van der Waals surface area contributed by atoms with Crippen LogP contribution in [0.25, 0.3) is 0 Å². The van der Waals surface area contributed by atoms with Crippen molar-refractivity contribution in [1.82, 2.24) is 20.3 Å². The number of hydrogen-bond acceptors (Lipinski definition) is 4. The maximum absolute atomic E-state index is 4.21. The van der Waals surface area contributed by atoms with Gasteiger partial charge in [-0.15, -0.1) is 5.10 Å². The second-order valence-electron chi connectivity index (χ2n) is 5.48. The summed E-state index contributed by atoms with van der Waals surface area (Å²) in [7, 11) is 1.93. The molecule has 2 rings (SSSR count). The minimum Gasteiger partial charge on any atom is -0.313 e. The average molecular weight is 282 g/mol. The molecule has 1 N–H and O–H groups in total. The Kier molecular flexibility index (Phi) is 6.17. The van der Waals surface area contributed by atoms with Crippen molar-refractivity contribution in [3.05, 3.63) is 11.9 Å². The van der Waals surface area contributed by atoms with Crippen molar-refractivity contribution in [3.8, 4) is 0 Å². The number of hydrogen-bond donors (Lipinski definition) is 1. The van der Waals surface area contributed by atoms with Crippen LogP contribution in [0.5, 0.6) is 0 Å². The maximum Gasteiger partial charge on any atom is 0.0842 e. The summed E-state index contributed by atoms with van der Waals surface area (Å²) in [5, 5.41) is 12.8. The summed E-state index contributed by atoms with van der Waals surface area (Å²) in [4.78, 5) is 0.